The van der Waals surface area contributed by atoms with Gasteiger partial charge in [0.25, 0.3) is 5.91 Å². The van der Waals surface area contributed by atoms with Gasteiger partial charge in [-0.25, -0.2) is 9.37 Å². The van der Waals surface area contributed by atoms with Gasteiger partial charge >= 0.3 is 0 Å². The second-order valence-corrected chi connectivity index (χ2v) is 12.8. The van der Waals surface area contributed by atoms with Gasteiger partial charge in [-0.15, -0.1) is 0 Å². The highest BCUT2D eigenvalue weighted by Crippen LogP contribution is 2.36. The third-order valence-electron chi connectivity index (χ3n) is 9.03. The van der Waals surface area contributed by atoms with E-state index in [4.69, 9.17) is 14.2 Å². The van der Waals surface area contributed by atoms with Crippen molar-refractivity contribution in [3.8, 4) is 23.1 Å². The number of carbonyl (C=O) groups is 1. The normalized spacial score (nSPS) is 15.6. The van der Waals surface area contributed by atoms with Crippen LogP contribution in [0.1, 0.15) is 53.6 Å². The van der Waals surface area contributed by atoms with E-state index >= 15 is 4.39 Å². The molecular formula is C38H45FN6O4. The number of amides is 1. The molecule has 4 aromatic rings. The number of halogens is 1. The molecule has 11 heteroatoms. The number of anilines is 3. The first-order valence-electron chi connectivity index (χ1n) is 17.1. The van der Waals surface area contributed by atoms with E-state index in [0.717, 1.165) is 76.0 Å². The van der Waals surface area contributed by atoms with Gasteiger partial charge in [0.05, 0.1) is 12.7 Å². The minimum absolute atomic E-state index is 0.0319. The molecule has 3 aromatic carbocycles. The van der Waals surface area contributed by atoms with Crippen LogP contribution < -0.4 is 24.8 Å². The zero-order valence-corrected chi connectivity index (χ0v) is 28.5. The van der Waals surface area contributed by atoms with Crippen molar-refractivity contribution in [1.82, 2.24) is 19.8 Å². The van der Waals surface area contributed by atoms with Crippen LogP contribution in [0.2, 0.25) is 0 Å². The molecule has 10 nitrogen and oxygen atoms in total. The number of hydrogen-bond acceptors (Lipinski definition) is 9. The molecule has 2 aliphatic rings. The summed E-state index contributed by atoms with van der Waals surface area (Å²) in [4.78, 5) is 27.4. The van der Waals surface area contributed by atoms with E-state index in [-0.39, 0.29) is 29.2 Å². The first-order valence-corrected chi connectivity index (χ1v) is 17.1. The predicted octanol–water partition coefficient (Wildman–Crippen LogP) is 7.36. The molecule has 2 N–H and O–H groups in total. The molecule has 0 spiro atoms. The molecular weight excluding hydrogens is 623 g/mol. The van der Waals surface area contributed by atoms with Crippen LogP contribution in [0.3, 0.4) is 0 Å². The van der Waals surface area contributed by atoms with E-state index in [2.05, 4.69) is 37.4 Å². The maximum Gasteiger partial charge on any atom is 0.262 e. The lowest BCUT2D eigenvalue weighted by molar-refractivity contribution is 0.102. The molecule has 258 valence electrons. The number of para-hydroxylation sites is 3. The van der Waals surface area contributed by atoms with E-state index in [1.54, 1.807) is 18.2 Å². The average Bonchev–Trinajstić information content (AvgIpc) is 3.61. The minimum Gasteiger partial charge on any atom is -0.490 e. The van der Waals surface area contributed by atoms with E-state index in [1.807, 2.05) is 50.2 Å². The van der Waals surface area contributed by atoms with Gasteiger partial charge in [-0.3, -0.25) is 4.79 Å². The lowest BCUT2D eigenvalue weighted by atomic mass is 10.1. The maximum absolute atomic E-state index is 15.1. The third-order valence-corrected chi connectivity index (χ3v) is 9.03. The zero-order chi connectivity index (χ0) is 34.2. The second-order valence-electron chi connectivity index (χ2n) is 12.8. The monoisotopic (exact) mass is 668 g/mol. The SMILES string of the molecule is Cc1cccc(C)c1NC(=O)c1cnc(Nc2ccc(OCCCN3CCN(C)CC3)c(F)c2)nc1Oc1ccccc1OC1CCCC1. The standard InChI is InChI=1S/C38H45FN6O4/c1-26-10-8-11-27(2)35(26)42-36(46)30-25-40-38(43-37(30)49-34-15-7-6-14-33(34)48-29-12-4-5-13-29)41-28-16-17-32(31(39)24-28)47-23-9-18-45-21-19-44(3)20-22-45/h6-8,10-11,14-17,24-25,29H,4-5,9,12-13,18-23H2,1-3H3,(H,42,46)(H,40,41,43). The van der Waals surface area contributed by atoms with Gasteiger partial charge in [0, 0.05) is 56.4 Å². The number of nitrogens with one attached hydrogen (secondary N) is 2. The number of aromatic nitrogens is 2. The lowest BCUT2D eigenvalue weighted by Gasteiger charge is -2.32. The number of rotatable bonds is 13. The third kappa shape index (κ3) is 9.04. The van der Waals surface area contributed by atoms with Gasteiger partial charge in [-0.1, -0.05) is 30.3 Å². The number of aryl methyl sites for hydroxylation is 2. The summed E-state index contributed by atoms with van der Waals surface area (Å²) in [5.41, 5.74) is 3.12. The summed E-state index contributed by atoms with van der Waals surface area (Å²) >= 11 is 0. The molecule has 1 aliphatic carbocycles. The number of carbonyl (C=O) groups excluding carboxylic acids is 1. The molecule has 2 heterocycles. The minimum atomic E-state index is -0.497. The Morgan fingerprint density at radius 3 is 2.41 bits per heavy atom. The summed E-state index contributed by atoms with van der Waals surface area (Å²) in [5, 5.41) is 6.05. The molecule has 1 saturated carbocycles. The van der Waals surface area contributed by atoms with Crippen LogP contribution in [-0.2, 0) is 0 Å². The Balaban J connectivity index is 1.18. The van der Waals surface area contributed by atoms with Crippen molar-refractivity contribution >= 4 is 23.2 Å². The summed E-state index contributed by atoms with van der Waals surface area (Å²) in [6.07, 6.45) is 6.55. The van der Waals surface area contributed by atoms with Crippen molar-refractivity contribution in [2.24, 2.45) is 0 Å². The Morgan fingerprint density at radius 1 is 0.939 bits per heavy atom. The van der Waals surface area contributed by atoms with E-state index in [9.17, 15) is 4.79 Å². The first kappa shape index (κ1) is 34.1. The van der Waals surface area contributed by atoms with E-state index < -0.39 is 11.7 Å². The maximum atomic E-state index is 15.1. The van der Waals surface area contributed by atoms with Crippen LogP contribution in [-0.4, -0.2) is 78.2 Å². The smallest absolute Gasteiger partial charge is 0.262 e. The average molecular weight is 669 g/mol. The van der Waals surface area contributed by atoms with Gasteiger partial charge in [0.1, 0.15) is 5.56 Å². The van der Waals surface area contributed by atoms with Gasteiger partial charge in [-0.2, -0.15) is 4.98 Å². The Kier molecular flexibility index (Phi) is 11.2. The van der Waals surface area contributed by atoms with Crippen molar-refractivity contribution in [2.75, 3.05) is 57.0 Å². The Hall–Kier alpha value is -4.74. The predicted molar refractivity (Wildman–Crippen MR) is 189 cm³/mol. The van der Waals surface area contributed by atoms with Crippen molar-refractivity contribution in [2.45, 2.75) is 52.1 Å². The molecule has 49 heavy (non-hydrogen) atoms. The lowest BCUT2D eigenvalue weighted by Crippen LogP contribution is -2.44. The molecule has 2 fully saturated rings. The quantitative estimate of drug-likeness (QED) is 0.142. The van der Waals surface area contributed by atoms with Crippen molar-refractivity contribution in [1.29, 1.82) is 0 Å². The Morgan fingerprint density at radius 2 is 1.67 bits per heavy atom. The van der Waals surface area contributed by atoms with Crippen LogP contribution >= 0.6 is 0 Å². The molecule has 6 rings (SSSR count). The molecule has 1 saturated heterocycles. The first-order chi connectivity index (χ1) is 23.8. The van der Waals surface area contributed by atoms with Crippen LogP contribution in [0, 0.1) is 19.7 Å². The highest BCUT2D eigenvalue weighted by atomic mass is 19.1. The highest BCUT2D eigenvalue weighted by molar-refractivity contribution is 6.06. The van der Waals surface area contributed by atoms with Crippen LogP contribution in [0.25, 0.3) is 0 Å². The molecule has 0 radical (unpaired) electrons. The number of benzene rings is 3. The van der Waals surface area contributed by atoms with Crippen molar-refractivity contribution in [3.63, 3.8) is 0 Å². The molecule has 1 amide bonds. The number of ether oxygens (including phenoxy) is 3. The highest BCUT2D eigenvalue weighted by Gasteiger charge is 2.23. The molecule has 0 atom stereocenters. The van der Waals surface area contributed by atoms with Gasteiger partial charge in [0.2, 0.25) is 11.8 Å². The van der Waals surface area contributed by atoms with Gasteiger partial charge in [0.15, 0.2) is 23.1 Å². The number of nitrogens with zero attached hydrogens (tertiary/aromatic N) is 4. The number of hydrogen-bond donors (Lipinski definition) is 2. The summed E-state index contributed by atoms with van der Waals surface area (Å²) < 4.78 is 33.4. The largest absolute Gasteiger partial charge is 0.490 e. The Bertz CT molecular complexity index is 1720. The van der Waals surface area contributed by atoms with Crippen LogP contribution in [0.15, 0.2) is 66.9 Å². The molecule has 1 aromatic heterocycles. The van der Waals surface area contributed by atoms with Gasteiger partial charge in [-0.05, 0) is 88.4 Å². The van der Waals surface area contributed by atoms with Gasteiger partial charge < -0.3 is 34.6 Å². The summed E-state index contributed by atoms with van der Waals surface area (Å²) in [6.45, 7) is 9.43. The number of likely N-dealkylation sites (N-methyl/N-ethyl adjacent to an activating group) is 1. The summed E-state index contributed by atoms with van der Waals surface area (Å²) in [6, 6.07) is 17.8. The topological polar surface area (TPSA) is 101 Å². The fraction of sp³-hybridized carbons (Fsp3) is 0.395. The summed E-state index contributed by atoms with van der Waals surface area (Å²) in [5.74, 6) is 0.436. The van der Waals surface area contributed by atoms with E-state index in [0.29, 0.717) is 29.5 Å². The Labute approximate surface area is 287 Å². The van der Waals surface area contributed by atoms with Crippen LogP contribution in [0.4, 0.5) is 21.7 Å². The van der Waals surface area contributed by atoms with Crippen LogP contribution in [0.5, 0.6) is 23.1 Å². The van der Waals surface area contributed by atoms with E-state index in [1.165, 1.54) is 12.3 Å². The number of piperazine rings is 1. The fourth-order valence-corrected chi connectivity index (χ4v) is 6.14. The van der Waals surface area contributed by atoms with Crippen molar-refractivity contribution in [3.05, 3.63) is 89.4 Å². The molecule has 1 aliphatic heterocycles. The second kappa shape index (κ2) is 16.1. The molecule has 0 unspecified atom stereocenters. The zero-order valence-electron chi connectivity index (χ0n) is 28.5. The molecule has 0 bridgehead atoms. The van der Waals surface area contributed by atoms with Crippen molar-refractivity contribution < 1.29 is 23.4 Å². The fourth-order valence-electron chi connectivity index (χ4n) is 6.14. The summed E-state index contributed by atoms with van der Waals surface area (Å²) in [7, 11) is 2.13.